The molecule has 1 aliphatic rings. The first-order chi connectivity index (χ1) is 13.5. The molecule has 0 bridgehead atoms. The standard InChI is InChI=1S/C21H25N5O2/c1-3-9-26-18(22)15(20(27)24-11-7-14(2)8-12-24)13-16-19(26)23-17-6-4-5-10-25(17)21(16)28/h4-6,10,13-14,22H,3,7-9,11-12H2,1-2H3. The summed E-state index contributed by atoms with van der Waals surface area (Å²) in [5.74, 6) is 0.447. The molecule has 28 heavy (non-hydrogen) atoms. The number of aryl methyl sites for hydroxylation is 1. The van der Waals surface area contributed by atoms with Gasteiger partial charge in [-0.2, -0.15) is 0 Å². The van der Waals surface area contributed by atoms with Gasteiger partial charge in [0.15, 0.2) is 0 Å². The Hall–Kier alpha value is -2.96. The predicted octanol–water partition coefficient (Wildman–Crippen LogP) is 2.41. The van der Waals surface area contributed by atoms with Crippen molar-refractivity contribution in [2.75, 3.05) is 13.1 Å². The first kappa shape index (κ1) is 18.4. The SMILES string of the molecule is CCCn1c(=N)c(C(=O)N2CCC(C)CC2)cc2c(=O)n3ccccc3nc21. The average Bonchev–Trinajstić information content (AvgIpc) is 2.70. The summed E-state index contributed by atoms with van der Waals surface area (Å²) in [6.45, 7) is 6.12. The molecular weight excluding hydrogens is 354 g/mol. The zero-order valence-corrected chi connectivity index (χ0v) is 16.3. The van der Waals surface area contributed by atoms with E-state index in [-0.39, 0.29) is 22.5 Å². The molecule has 0 radical (unpaired) electrons. The summed E-state index contributed by atoms with van der Waals surface area (Å²) < 4.78 is 3.18. The first-order valence-corrected chi connectivity index (χ1v) is 9.90. The highest BCUT2D eigenvalue weighted by molar-refractivity contribution is 5.96. The third-order valence-electron chi connectivity index (χ3n) is 5.57. The third kappa shape index (κ3) is 3.00. The lowest BCUT2D eigenvalue weighted by atomic mass is 9.98. The van der Waals surface area contributed by atoms with Crippen molar-refractivity contribution in [3.8, 4) is 0 Å². The van der Waals surface area contributed by atoms with Crippen LogP contribution in [0.15, 0.2) is 35.3 Å². The van der Waals surface area contributed by atoms with E-state index < -0.39 is 0 Å². The van der Waals surface area contributed by atoms with E-state index >= 15 is 0 Å². The predicted molar refractivity (Wildman–Crippen MR) is 107 cm³/mol. The Kier molecular flexibility index (Phi) is 4.75. The zero-order chi connectivity index (χ0) is 19.8. The minimum Gasteiger partial charge on any atom is -0.339 e. The average molecular weight is 379 g/mol. The van der Waals surface area contributed by atoms with Crippen LogP contribution in [0.2, 0.25) is 0 Å². The van der Waals surface area contributed by atoms with Gasteiger partial charge in [-0.15, -0.1) is 0 Å². The summed E-state index contributed by atoms with van der Waals surface area (Å²) in [7, 11) is 0. The van der Waals surface area contributed by atoms with E-state index in [0.29, 0.717) is 42.2 Å². The number of carbonyl (C=O) groups is 1. The van der Waals surface area contributed by atoms with Gasteiger partial charge in [0.2, 0.25) is 0 Å². The van der Waals surface area contributed by atoms with Gasteiger partial charge in [-0.1, -0.05) is 19.9 Å². The highest BCUT2D eigenvalue weighted by atomic mass is 16.2. The number of rotatable bonds is 3. The molecular formula is C21H25N5O2. The molecule has 7 heteroatoms. The van der Waals surface area contributed by atoms with Crippen molar-refractivity contribution in [2.24, 2.45) is 5.92 Å². The van der Waals surface area contributed by atoms with Crippen LogP contribution in [0.1, 0.15) is 43.5 Å². The Bertz CT molecular complexity index is 1170. The number of aromatic nitrogens is 3. The summed E-state index contributed by atoms with van der Waals surface area (Å²) >= 11 is 0. The molecule has 0 aliphatic carbocycles. The van der Waals surface area contributed by atoms with Crippen molar-refractivity contribution in [1.82, 2.24) is 18.9 Å². The second-order valence-corrected chi connectivity index (χ2v) is 7.62. The molecule has 4 rings (SSSR count). The first-order valence-electron chi connectivity index (χ1n) is 9.90. The van der Waals surface area contributed by atoms with Crippen LogP contribution in [0.5, 0.6) is 0 Å². The lowest BCUT2D eigenvalue weighted by Gasteiger charge is -2.30. The molecule has 1 fully saturated rings. The Morgan fingerprint density at radius 1 is 1.29 bits per heavy atom. The van der Waals surface area contributed by atoms with Crippen LogP contribution >= 0.6 is 0 Å². The summed E-state index contributed by atoms with van der Waals surface area (Å²) in [6.07, 6.45) is 4.39. The van der Waals surface area contributed by atoms with E-state index in [1.165, 1.54) is 4.40 Å². The Labute approximate surface area is 162 Å². The summed E-state index contributed by atoms with van der Waals surface area (Å²) in [5, 5.41) is 9.04. The number of hydrogen-bond acceptors (Lipinski definition) is 4. The molecule has 1 N–H and O–H groups in total. The Morgan fingerprint density at radius 2 is 2.04 bits per heavy atom. The summed E-state index contributed by atoms with van der Waals surface area (Å²) in [6, 6.07) is 6.95. The van der Waals surface area contributed by atoms with Crippen LogP contribution in [-0.4, -0.2) is 37.8 Å². The number of pyridine rings is 2. The molecule has 3 aromatic rings. The second kappa shape index (κ2) is 7.22. The number of nitrogens with one attached hydrogen (secondary N) is 1. The van der Waals surface area contributed by atoms with Gasteiger partial charge in [0.05, 0.1) is 10.9 Å². The maximum Gasteiger partial charge on any atom is 0.267 e. The van der Waals surface area contributed by atoms with Crippen LogP contribution in [-0.2, 0) is 6.54 Å². The van der Waals surface area contributed by atoms with Crippen molar-refractivity contribution in [1.29, 1.82) is 5.41 Å². The number of carbonyl (C=O) groups excluding carboxylic acids is 1. The van der Waals surface area contributed by atoms with E-state index in [4.69, 9.17) is 5.41 Å². The van der Waals surface area contributed by atoms with Crippen molar-refractivity contribution in [3.63, 3.8) is 0 Å². The van der Waals surface area contributed by atoms with Gasteiger partial charge in [0.1, 0.15) is 16.8 Å². The van der Waals surface area contributed by atoms with E-state index in [1.807, 2.05) is 17.9 Å². The van der Waals surface area contributed by atoms with Crippen molar-refractivity contribution >= 4 is 22.6 Å². The lowest BCUT2D eigenvalue weighted by Crippen LogP contribution is -2.41. The van der Waals surface area contributed by atoms with Gasteiger partial charge in [-0.3, -0.25) is 19.4 Å². The maximum absolute atomic E-state index is 13.2. The highest BCUT2D eigenvalue weighted by Crippen LogP contribution is 2.18. The van der Waals surface area contributed by atoms with E-state index in [0.717, 1.165) is 19.3 Å². The largest absolute Gasteiger partial charge is 0.339 e. The number of nitrogens with zero attached hydrogens (tertiary/aromatic N) is 4. The molecule has 1 amide bonds. The van der Waals surface area contributed by atoms with Crippen LogP contribution in [0.4, 0.5) is 0 Å². The lowest BCUT2D eigenvalue weighted by molar-refractivity contribution is 0.0694. The number of likely N-dealkylation sites (tertiary alicyclic amines) is 1. The molecule has 3 aromatic heterocycles. The fourth-order valence-electron chi connectivity index (χ4n) is 3.87. The number of fused-ring (bicyclic) bond motifs is 2. The van der Waals surface area contributed by atoms with Gasteiger partial charge in [0.25, 0.3) is 11.5 Å². The molecule has 7 nitrogen and oxygen atoms in total. The molecule has 0 saturated carbocycles. The smallest absolute Gasteiger partial charge is 0.267 e. The van der Waals surface area contributed by atoms with Gasteiger partial charge >= 0.3 is 0 Å². The van der Waals surface area contributed by atoms with Crippen LogP contribution in [0.3, 0.4) is 0 Å². The highest BCUT2D eigenvalue weighted by Gasteiger charge is 2.24. The second-order valence-electron chi connectivity index (χ2n) is 7.62. The van der Waals surface area contributed by atoms with Crippen LogP contribution < -0.4 is 11.0 Å². The van der Waals surface area contributed by atoms with Crippen molar-refractivity contribution in [2.45, 2.75) is 39.7 Å². The van der Waals surface area contributed by atoms with Crippen LogP contribution in [0, 0.1) is 11.3 Å². The summed E-state index contributed by atoms with van der Waals surface area (Å²) in [4.78, 5) is 32.7. The third-order valence-corrected chi connectivity index (χ3v) is 5.57. The van der Waals surface area contributed by atoms with Gasteiger partial charge in [0, 0.05) is 25.8 Å². The molecule has 0 atom stereocenters. The number of hydrogen-bond donors (Lipinski definition) is 1. The van der Waals surface area contributed by atoms with E-state index in [1.54, 1.807) is 29.0 Å². The maximum atomic E-state index is 13.2. The van der Waals surface area contributed by atoms with Crippen molar-refractivity contribution < 1.29 is 4.79 Å². The van der Waals surface area contributed by atoms with Crippen LogP contribution in [0.25, 0.3) is 16.7 Å². The van der Waals surface area contributed by atoms with Crippen molar-refractivity contribution in [3.05, 3.63) is 51.9 Å². The normalized spacial score (nSPS) is 15.4. The monoisotopic (exact) mass is 379 g/mol. The Balaban J connectivity index is 1.95. The molecule has 0 aromatic carbocycles. The Morgan fingerprint density at radius 3 is 2.75 bits per heavy atom. The topological polar surface area (TPSA) is 83.5 Å². The van der Waals surface area contributed by atoms with Gasteiger partial charge in [-0.05, 0) is 43.4 Å². The fourth-order valence-corrected chi connectivity index (χ4v) is 3.87. The molecule has 0 spiro atoms. The quantitative estimate of drug-likeness (QED) is 0.710. The minimum atomic E-state index is -0.216. The zero-order valence-electron chi connectivity index (χ0n) is 16.3. The van der Waals surface area contributed by atoms with E-state index in [9.17, 15) is 9.59 Å². The van der Waals surface area contributed by atoms with Gasteiger partial charge in [-0.25, -0.2) is 4.98 Å². The molecule has 4 heterocycles. The molecule has 146 valence electrons. The minimum absolute atomic E-state index is 0.130. The molecule has 1 saturated heterocycles. The molecule has 1 aliphatic heterocycles. The summed E-state index contributed by atoms with van der Waals surface area (Å²) in [5.41, 5.74) is 1.20. The van der Waals surface area contributed by atoms with Gasteiger partial charge < -0.3 is 9.47 Å². The molecule has 0 unspecified atom stereocenters. The van der Waals surface area contributed by atoms with E-state index in [2.05, 4.69) is 11.9 Å². The number of piperidine rings is 1. The fraction of sp³-hybridized carbons (Fsp3) is 0.429. The number of amides is 1.